The minimum Gasteiger partial charge on any atom is -0.325 e. The fraction of sp³-hybridized carbons (Fsp3) is 0.333. The van der Waals surface area contributed by atoms with Crippen LogP contribution in [0.15, 0.2) is 29.6 Å². The SMILES string of the molecule is CCCCS(=O)(=O)Nc1ccc(NC(=O)c2csc(CN)n2)cc1.Cl. The number of hydrogen-bond donors (Lipinski definition) is 3. The number of benzene rings is 1. The van der Waals surface area contributed by atoms with Gasteiger partial charge < -0.3 is 11.1 Å². The highest BCUT2D eigenvalue weighted by Gasteiger charge is 2.12. The first-order valence-corrected chi connectivity index (χ1v) is 10.0. The van der Waals surface area contributed by atoms with Gasteiger partial charge in [0.15, 0.2) is 0 Å². The quantitative estimate of drug-likeness (QED) is 0.625. The summed E-state index contributed by atoms with van der Waals surface area (Å²) in [6.07, 6.45) is 1.43. The van der Waals surface area contributed by atoms with Gasteiger partial charge in [-0.1, -0.05) is 13.3 Å². The molecule has 1 aromatic carbocycles. The minimum atomic E-state index is -3.33. The number of aromatic nitrogens is 1. The molecule has 0 fully saturated rings. The highest BCUT2D eigenvalue weighted by Crippen LogP contribution is 2.17. The van der Waals surface area contributed by atoms with Gasteiger partial charge in [-0.15, -0.1) is 23.7 Å². The van der Waals surface area contributed by atoms with E-state index in [0.29, 0.717) is 35.0 Å². The Morgan fingerprint density at radius 2 is 1.88 bits per heavy atom. The Bertz CT molecular complexity index is 791. The molecule has 0 unspecified atom stereocenters. The molecule has 1 heterocycles. The zero-order valence-electron chi connectivity index (χ0n) is 13.7. The molecule has 0 atom stereocenters. The van der Waals surface area contributed by atoms with Crippen LogP contribution >= 0.6 is 23.7 Å². The number of amides is 1. The Kier molecular flexibility index (Phi) is 8.30. The number of thiazole rings is 1. The van der Waals surface area contributed by atoms with E-state index in [1.54, 1.807) is 29.6 Å². The fourth-order valence-corrected chi connectivity index (χ4v) is 3.81. The third kappa shape index (κ3) is 6.62. The third-order valence-corrected chi connectivity index (χ3v) is 5.39. The lowest BCUT2D eigenvalue weighted by Gasteiger charge is -2.09. The van der Waals surface area contributed by atoms with Crippen molar-refractivity contribution in [2.45, 2.75) is 26.3 Å². The van der Waals surface area contributed by atoms with E-state index in [1.165, 1.54) is 11.3 Å². The molecule has 0 radical (unpaired) electrons. The monoisotopic (exact) mass is 404 g/mol. The number of anilines is 2. The molecule has 0 aliphatic carbocycles. The Morgan fingerprint density at radius 1 is 1.24 bits per heavy atom. The highest BCUT2D eigenvalue weighted by molar-refractivity contribution is 7.92. The molecule has 10 heteroatoms. The maximum Gasteiger partial charge on any atom is 0.275 e. The molecule has 2 rings (SSSR count). The van der Waals surface area contributed by atoms with Crippen LogP contribution in [0.3, 0.4) is 0 Å². The van der Waals surface area contributed by atoms with E-state index >= 15 is 0 Å². The summed E-state index contributed by atoms with van der Waals surface area (Å²) in [7, 11) is -3.33. The number of sulfonamides is 1. The Hall–Kier alpha value is -1.68. The van der Waals surface area contributed by atoms with E-state index in [2.05, 4.69) is 15.0 Å². The molecule has 25 heavy (non-hydrogen) atoms. The standard InChI is InChI=1S/C15H20N4O3S2.ClH/c1-2-3-8-24(21,22)19-12-6-4-11(5-7-12)17-15(20)13-10-23-14(9-16)18-13;/h4-7,10,19H,2-3,8-9,16H2,1H3,(H,17,20);1H. The average molecular weight is 405 g/mol. The summed E-state index contributed by atoms with van der Waals surface area (Å²) >= 11 is 1.33. The zero-order valence-corrected chi connectivity index (χ0v) is 16.1. The number of unbranched alkanes of at least 4 members (excludes halogenated alkanes) is 1. The van der Waals surface area contributed by atoms with Gasteiger partial charge in [-0.25, -0.2) is 13.4 Å². The van der Waals surface area contributed by atoms with E-state index < -0.39 is 10.0 Å². The topological polar surface area (TPSA) is 114 Å². The lowest BCUT2D eigenvalue weighted by molar-refractivity contribution is 0.102. The van der Waals surface area contributed by atoms with Crippen molar-refractivity contribution in [3.05, 3.63) is 40.3 Å². The first-order valence-electron chi connectivity index (χ1n) is 7.50. The largest absolute Gasteiger partial charge is 0.325 e. The van der Waals surface area contributed by atoms with Gasteiger partial charge in [0, 0.05) is 23.3 Å². The Labute approximate surface area is 157 Å². The lowest BCUT2D eigenvalue weighted by Crippen LogP contribution is -2.16. The maximum atomic E-state index is 12.1. The molecule has 4 N–H and O–H groups in total. The van der Waals surface area contributed by atoms with Gasteiger partial charge in [0.25, 0.3) is 5.91 Å². The molecule has 2 aromatic rings. The summed E-state index contributed by atoms with van der Waals surface area (Å²) in [6.45, 7) is 2.23. The van der Waals surface area contributed by atoms with Gasteiger partial charge in [-0.3, -0.25) is 9.52 Å². The van der Waals surface area contributed by atoms with Gasteiger partial charge in [-0.05, 0) is 30.7 Å². The van der Waals surface area contributed by atoms with Crippen LogP contribution in [0.25, 0.3) is 0 Å². The molecule has 0 aliphatic heterocycles. The summed E-state index contributed by atoms with van der Waals surface area (Å²) in [5.41, 5.74) is 6.80. The normalized spacial score (nSPS) is 10.8. The molecule has 0 saturated carbocycles. The van der Waals surface area contributed by atoms with Crippen LogP contribution < -0.4 is 15.8 Å². The van der Waals surface area contributed by atoms with E-state index in [4.69, 9.17) is 5.73 Å². The predicted octanol–water partition coefficient (Wildman–Crippen LogP) is 2.82. The van der Waals surface area contributed by atoms with Crippen molar-refractivity contribution in [3.63, 3.8) is 0 Å². The van der Waals surface area contributed by atoms with Crippen molar-refractivity contribution in [2.75, 3.05) is 15.8 Å². The second-order valence-corrected chi connectivity index (χ2v) is 7.92. The molecular formula is C15H21ClN4O3S2. The molecule has 0 spiro atoms. The number of carbonyl (C=O) groups is 1. The first kappa shape index (κ1) is 21.4. The number of nitrogens with one attached hydrogen (secondary N) is 2. The molecular weight excluding hydrogens is 384 g/mol. The Morgan fingerprint density at radius 3 is 2.44 bits per heavy atom. The van der Waals surface area contributed by atoms with Crippen molar-refractivity contribution in [2.24, 2.45) is 5.73 Å². The molecule has 1 amide bonds. The summed E-state index contributed by atoms with van der Waals surface area (Å²) in [6, 6.07) is 6.47. The first-order chi connectivity index (χ1) is 11.4. The van der Waals surface area contributed by atoms with Gasteiger partial charge in [0.05, 0.1) is 5.75 Å². The Balaban J connectivity index is 0.00000312. The molecule has 1 aromatic heterocycles. The average Bonchev–Trinajstić information content (AvgIpc) is 3.04. The van der Waals surface area contributed by atoms with Gasteiger partial charge in [0.1, 0.15) is 10.7 Å². The van der Waals surface area contributed by atoms with Gasteiger partial charge in [0.2, 0.25) is 10.0 Å². The van der Waals surface area contributed by atoms with E-state index in [0.717, 1.165) is 6.42 Å². The number of halogens is 1. The van der Waals surface area contributed by atoms with E-state index in [-0.39, 0.29) is 24.1 Å². The zero-order chi connectivity index (χ0) is 17.6. The fourth-order valence-electron chi connectivity index (χ4n) is 1.89. The summed E-state index contributed by atoms with van der Waals surface area (Å²) in [5.74, 6) is -0.239. The van der Waals surface area contributed by atoms with Gasteiger partial charge >= 0.3 is 0 Å². The summed E-state index contributed by atoms with van der Waals surface area (Å²) < 4.78 is 26.2. The van der Waals surface area contributed by atoms with Crippen LogP contribution in [0.1, 0.15) is 35.3 Å². The molecule has 0 bridgehead atoms. The smallest absolute Gasteiger partial charge is 0.275 e. The second-order valence-electron chi connectivity index (χ2n) is 5.14. The molecule has 7 nitrogen and oxygen atoms in total. The summed E-state index contributed by atoms with van der Waals surface area (Å²) in [5, 5.41) is 5.05. The van der Waals surface area contributed by atoms with Crippen LogP contribution in [0.5, 0.6) is 0 Å². The predicted molar refractivity (Wildman–Crippen MR) is 104 cm³/mol. The maximum absolute atomic E-state index is 12.1. The number of nitrogens with zero attached hydrogens (tertiary/aromatic N) is 1. The van der Waals surface area contributed by atoms with Crippen molar-refractivity contribution < 1.29 is 13.2 Å². The van der Waals surface area contributed by atoms with Crippen molar-refractivity contribution in [3.8, 4) is 0 Å². The van der Waals surface area contributed by atoms with Crippen LogP contribution in [0.4, 0.5) is 11.4 Å². The minimum absolute atomic E-state index is 0. The number of nitrogens with two attached hydrogens (primary N) is 1. The number of carbonyl (C=O) groups excluding carboxylic acids is 1. The van der Waals surface area contributed by atoms with Crippen molar-refractivity contribution in [1.82, 2.24) is 4.98 Å². The molecule has 0 saturated heterocycles. The number of hydrogen-bond acceptors (Lipinski definition) is 6. The van der Waals surface area contributed by atoms with Crippen molar-refractivity contribution in [1.29, 1.82) is 0 Å². The third-order valence-electron chi connectivity index (χ3n) is 3.14. The summed E-state index contributed by atoms with van der Waals surface area (Å²) in [4.78, 5) is 16.2. The van der Waals surface area contributed by atoms with Crippen LogP contribution in [0.2, 0.25) is 0 Å². The molecule has 0 aliphatic rings. The van der Waals surface area contributed by atoms with E-state index in [1.807, 2.05) is 6.92 Å². The van der Waals surface area contributed by atoms with Crippen LogP contribution in [-0.2, 0) is 16.6 Å². The number of rotatable bonds is 8. The molecule has 138 valence electrons. The van der Waals surface area contributed by atoms with Crippen LogP contribution in [0, 0.1) is 0 Å². The highest BCUT2D eigenvalue weighted by atomic mass is 35.5. The van der Waals surface area contributed by atoms with Gasteiger partial charge in [-0.2, -0.15) is 0 Å². The lowest BCUT2D eigenvalue weighted by atomic mass is 10.3. The second kappa shape index (κ2) is 9.71. The van der Waals surface area contributed by atoms with Crippen LogP contribution in [-0.4, -0.2) is 25.1 Å². The van der Waals surface area contributed by atoms with E-state index in [9.17, 15) is 13.2 Å². The van der Waals surface area contributed by atoms with Crippen molar-refractivity contribution >= 4 is 51.0 Å².